The zero-order chi connectivity index (χ0) is 26.3. The van der Waals surface area contributed by atoms with Crippen LogP contribution in [0.2, 0.25) is 0 Å². The van der Waals surface area contributed by atoms with Crippen LogP contribution in [-0.4, -0.2) is 56.6 Å². The molecular formula is C26H34FN3O5S. The van der Waals surface area contributed by atoms with Crippen molar-refractivity contribution in [2.24, 2.45) is 0 Å². The number of benzene rings is 2. The third kappa shape index (κ3) is 6.96. The fourth-order valence-corrected chi connectivity index (χ4v) is 5.17. The smallest absolute Gasteiger partial charge is 0.244 e. The van der Waals surface area contributed by atoms with Crippen molar-refractivity contribution in [2.75, 3.05) is 23.7 Å². The monoisotopic (exact) mass is 519 g/mol. The van der Waals surface area contributed by atoms with Crippen molar-refractivity contribution < 1.29 is 27.1 Å². The van der Waals surface area contributed by atoms with Crippen molar-refractivity contribution >= 4 is 27.5 Å². The number of nitrogens with zero attached hydrogens (tertiary/aromatic N) is 2. The van der Waals surface area contributed by atoms with Crippen molar-refractivity contribution in [3.63, 3.8) is 0 Å². The Bertz CT molecular complexity index is 1170. The first-order valence-electron chi connectivity index (χ1n) is 12.1. The molecule has 0 spiro atoms. The van der Waals surface area contributed by atoms with Crippen LogP contribution in [-0.2, 0) is 26.2 Å². The Morgan fingerprint density at radius 3 is 2.39 bits per heavy atom. The summed E-state index contributed by atoms with van der Waals surface area (Å²) in [6.07, 6.45) is 4.80. The molecule has 1 N–H and O–H groups in total. The van der Waals surface area contributed by atoms with Crippen LogP contribution in [0.4, 0.5) is 10.1 Å². The average molecular weight is 520 g/mol. The normalized spacial score (nSPS) is 14.8. The van der Waals surface area contributed by atoms with E-state index in [1.54, 1.807) is 44.2 Å². The lowest BCUT2D eigenvalue weighted by Gasteiger charge is -2.32. The van der Waals surface area contributed by atoms with Gasteiger partial charge in [-0.15, -0.1) is 0 Å². The number of carbonyl (C=O) groups excluding carboxylic acids is 2. The Morgan fingerprint density at radius 2 is 1.75 bits per heavy atom. The van der Waals surface area contributed by atoms with Gasteiger partial charge in [0, 0.05) is 18.2 Å². The summed E-state index contributed by atoms with van der Waals surface area (Å²) in [5, 5.41) is 2.98. The minimum atomic E-state index is -3.90. The predicted molar refractivity (Wildman–Crippen MR) is 137 cm³/mol. The van der Waals surface area contributed by atoms with E-state index in [2.05, 4.69) is 5.32 Å². The van der Waals surface area contributed by atoms with Gasteiger partial charge in [0.1, 0.15) is 24.2 Å². The van der Waals surface area contributed by atoms with Gasteiger partial charge in [0.05, 0.1) is 18.6 Å². The summed E-state index contributed by atoms with van der Waals surface area (Å²) in [5.74, 6) is -1.19. The van der Waals surface area contributed by atoms with E-state index in [1.165, 1.54) is 23.1 Å². The van der Waals surface area contributed by atoms with Crippen LogP contribution in [0.1, 0.15) is 45.1 Å². The van der Waals surface area contributed by atoms with E-state index < -0.39 is 34.3 Å². The maximum absolute atomic E-state index is 14.5. The maximum Gasteiger partial charge on any atom is 0.244 e. The van der Waals surface area contributed by atoms with Gasteiger partial charge in [0.2, 0.25) is 21.8 Å². The van der Waals surface area contributed by atoms with E-state index >= 15 is 0 Å². The van der Waals surface area contributed by atoms with E-state index in [4.69, 9.17) is 4.74 Å². The Balaban J connectivity index is 1.92. The molecule has 0 radical (unpaired) electrons. The molecule has 0 heterocycles. The van der Waals surface area contributed by atoms with Crippen LogP contribution in [0.15, 0.2) is 48.5 Å². The van der Waals surface area contributed by atoms with Gasteiger partial charge in [-0.05, 0) is 44.9 Å². The number of para-hydroxylation sites is 2. The molecule has 0 aliphatic heterocycles. The van der Waals surface area contributed by atoms with Crippen molar-refractivity contribution in [1.82, 2.24) is 10.2 Å². The Labute approximate surface area is 212 Å². The lowest BCUT2D eigenvalue weighted by molar-refractivity contribution is -0.139. The summed E-state index contributed by atoms with van der Waals surface area (Å²) in [6.45, 7) is 2.89. The van der Waals surface area contributed by atoms with Gasteiger partial charge in [-0.25, -0.2) is 12.8 Å². The predicted octanol–water partition coefficient (Wildman–Crippen LogP) is 3.47. The number of amides is 2. The number of sulfonamides is 1. The number of anilines is 1. The molecule has 10 heteroatoms. The highest BCUT2D eigenvalue weighted by Gasteiger charge is 2.32. The highest BCUT2D eigenvalue weighted by molar-refractivity contribution is 7.92. The number of hydrogen-bond acceptors (Lipinski definition) is 5. The molecule has 3 rings (SSSR count). The van der Waals surface area contributed by atoms with E-state index in [-0.39, 0.29) is 29.7 Å². The number of ether oxygens (including phenoxy) is 1. The topological polar surface area (TPSA) is 96.0 Å². The highest BCUT2D eigenvalue weighted by Crippen LogP contribution is 2.30. The lowest BCUT2D eigenvalue weighted by Crippen LogP contribution is -2.52. The summed E-state index contributed by atoms with van der Waals surface area (Å²) in [7, 11) is -3.90. The van der Waals surface area contributed by atoms with E-state index in [1.807, 2.05) is 0 Å². The molecule has 1 saturated carbocycles. The zero-order valence-corrected chi connectivity index (χ0v) is 21.8. The molecule has 1 fully saturated rings. The zero-order valence-electron chi connectivity index (χ0n) is 20.9. The molecular weight excluding hydrogens is 485 g/mol. The van der Waals surface area contributed by atoms with Crippen LogP contribution in [0.5, 0.6) is 5.75 Å². The minimum Gasteiger partial charge on any atom is -0.492 e. The van der Waals surface area contributed by atoms with Crippen molar-refractivity contribution in [2.45, 2.75) is 58.2 Å². The van der Waals surface area contributed by atoms with Gasteiger partial charge in [0.25, 0.3) is 0 Å². The molecule has 36 heavy (non-hydrogen) atoms. The first-order chi connectivity index (χ1) is 17.1. The highest BCUT2D eigenvalue weighted by atomic mass is 32.2. The summed E-state index contributed by atoms with van der Waals surface area (Å²) >= 11 is 0. The van der Waals surface area contributed by atoms with E-state index in [0.717, 1.165) is 36.2 Å². The molecule has 0 saturated heterocycles. The summed E-state index contributed by atoms with van der Waals surface area (Å²) in [4.78, 5) is 27.9. The van der Waals surface area contributed by atoms with Crippen LogP contribution in [0.25, 0.3) is 0 Å². The van der Waals surface area contributed by atoms with Gasteiger partial charge in [-0.3, -0.25) is 13.9 Å². The fourth-order valence-electron chi connectivity index (χ4n) is 4.32. The quantitative estimate of drug-likeness (QED) is 0.491. The van der Waals surface area contributed by atoms with Gasteiger partial charge in [0.15, 0.2) is 0 Å². The number of carbonyl (C=O) groups is 2. The standard InChI is InChI=1S/C26H34FN3O5S/c1-4-35-24-16-10-9-15-23(24)30(36(3,33)34)18-25(31)29(17-20-11-5-8-14-22(20)27)19(2)26(32)28-21-12-6-7-13-21/h5,8-11,14-16,19,21H,4,6-7,12-13,17-18H2,1-3H3,(H,28,32)/t19-/m1/s1. The molecule has 1 aliphatic carbocycles. The summed E-state index contributed by atoms with van der Waals surface area (Å²) in [5.41, 5.74) is 0.441. The lowest BCUT2D eigenvalue weighted by atomic mass is 10.1. The fraction of sp³-hybridized carbons (Fsp3) is 0.462. The van der Waals surface area contributed by atoms with Crippen LogP contribution >= 0.6 is 0 Å². The Kier molecular flexibility index (Phi) is 9.31. The second-order valence-electron chi connectivity index (χ2n) is 8.95. The number of hydrogen-bond donors (Lipinski definition) is 1. The average Bonchev–Trinajstić information content (AvgIpc) is 3.34. The number of nitrogens with one attached hydrogen (secondary N) is 1. The molecule has 2 aromatic rings. The third-order valence-electron chi connectivity index (χ3n) is 6.28. The molecule has 8 nitrogen and oxygen atoms in total. The third-order valence-corrected chi connectivity index (χ3v) is 7.41. The molecule has 0 bridgehead atoms. The van der Waals surface area contributed by atoms with E-state index in [0.29, 0.717) is 12.4 Å². The largest absolute Gasteiger partial charge is 0.492 e. The SMILES string of the molecule is CCOc1ccccc1N(CC(=O)N(Cc1ccccc1F)[C@H](C)C(=O)NC1CCCC1)S(C)(=O)=O. The van der Waals surface area contributed by atoms with Crippen LogP contribution < -0.4 is 14.4 Å². The molecule has 196 valence electrons. The first kappa shape index (κ1) is 27.4. The van der Waals surface area contributed by atoms with Gasteiger partial charge < -0.3 is 15.0 Å². The van der Waals surface area contributed by atoms with Crippen molar-refractivity contribution in [1.29, 1.82) is 0 Å². The van der Waals surface area contributed by atoms with Gasteiger partial charge in [-0.2, -0.15) is 0 Å². The van der Waals surface area contributed by atoms with E-state index in [9.17, 15) is 22.4 Å². The second-order valence-corrected chi connectivity index (χ2v) is 10.9. The summed E-state index contributed by atoms with van der Waals surface area (Å²) in [6, 6.07) is 11.6. The number of halogens is 1. The minimum absolute atomic E-state index is 0.0379. The Morgan fingerprint density at radius 1 is 1.11 bits per heavy atom. The maximum atomic E-state index is 14.5. The first-order valence-corrected chi connectivity index (χ1v) is 14.0. The molecule has 2 amide bonds. The Hall–Kier alpha value is -3.14. The molecule has 1 aliphatic rings. The van der Waals surface area contributed by atoms with Crippen molar-refractivity contribution in [3.8, 4) is 5.75 Å². The van der Waals surface area contributed by atoms with Crippen LogP contribution in [0.3, 0.4) is 0 Å². The molecule has 0 unspecified atom stereocenters. The van der Waals surface area contributed by atoms with Crippen molar-refractivity contribution in [3.05, 3.63) is 59.9 Å². The molecule has 0 aromatic heterocycles. The molecule has 1 atom stereocenters. The van der Waals surface area contributed by atoms with Crippen LogP contribution in [0, 0.1) is 5.82 Å². The second kappa shape index (κ2) is 12.2. The summed E-state index contributed by atoms with van der Waals surface area (Å²) < 4.78 is 46.5. The van der Waals surface area contributed by atoms with Gasteiger partial charge >= 0.3 is 0 Å². The van der Waals surface area contributed by atoms with Gasteiger partial charge in [-0.1, -0.05) is 43.2 Å². The molecule has 2 aromatic carbocycles. The number of rotatable bonds is 11.